The summed E-state index contributed by atoms with van der Waals surface area (Å²) >= 11 is 9.59. The van der Waals surface area contributed by atoms with E-state index in [1.807, 2.05) is 95.9 Å². The van der Waals surface area contributed by atoms with Crippen LogP contribution in [0.15, 0.2) is 238 Å². The Morgan fingerprint density at radius 1 is 0.652 bits per heavy atom. The number of aliphatic carboxylic acids is 2. The number of halogens is 1. The molecule has 0 fully saturated rings. The average molecular weight is 1620 g/mol. The van der Waals surface area contributed by atoms with E-state index in [2.05, 4.69) is 190 Å². The second-order valence-corrected chi connectivity index (χ2v) is 33.2. The van der Waals surface area contributed by atoms with Gasteiger partial charge in [0, 0.05) is 109 Å². The zero-order valence-corrected chi connectivity index (χ0v) is 68.8. The van der Waals surface area contributed by atoms with Gasteiger partial charge in [0.1, 0.15) is 23.1 Å². The van der Waals surface area contributed by atoms with E-state index in [-0.39, 0.29) is 31.2 Å². The van der Waals surface area contributed by atoms with Crippen LogP contribution in [0.25, 0.3) is 55.7 Å². The Labute approximate surface area is 687 Å². The predicted molar refractivity (Wildman–Crippen MR) is 462 cm³/mol. The summed E-state index contributed by atoms with van der Waals surface area (Å²) in [7, 11) is -4.35. The van der Waals surface area contributed by atoms with Crippen LogP contribution in [0, 0.1) is 6.92 Å². The van der Waals surface area contributed by atoms with Gasteiger partial charge in [0.25, 0.3) is 10.5 Å². The molecule has 2 atom stereocenters. The van der Waals surface area contributed by atoms with Crippen molar-refractivity contribution in [3.05, 3.63) is 255 Å². The lowest BCUT2D eigenvalue weighted by Gasteiger charge is -2.39. The Balaban J connectivity index is 0.000000201. The fourth-order valence-corrected chi connectivity index (χ4v) is 18.5. The lowest BCUT2D eigenvalue weighted by molar-refractivity contribution is -0.674. The number of carbonyl (C=O) groups is 4. The van der Waals surface area contributed by atoms with E-state index in [0.29, 0.717) is 62.4 Å². The number of nitrogens with one attached hydrogen (secondary N) is 2. The van der Waals surface area contributed by atoms with Crippen LogP contribution in [-0.2, 0) is 48.8 Å². The van der Waals surface area contributed by atoms with E-state index >= 15 is 0 Å². The molecule has 2 aromatic heterocycles. The summed E-state index contributed by atoms with van der Waals surface area (Å²) in [4.78, 5) is 62.0. The fraction of sp³-hybridized carbons (Fsp3) is 0.304. The highest BCUT2D eigenvalue weighted by Crippen LogP contribution is 2.48. The number of benzene rings is 8. The Bertz CT molecular complexity index is 5490. The van der Waals surface area contributed by atoms with Gasteiger partial charge in [0.15, 0.2) is 6.54 Å². The van der Waals surface area contributed by atoms with Crippen LogP contribution >= 0.6 is 34.7 Å². The number of carboxylic acids is 2. The van der Waals surface area contributed by atoms with Crippen LogP contribution < -0.4 is 49.4 Å². The number of rotatable bonds is 31. The number of nitrogens with zero attached hydrogens (tertiary/aromatic N) is 7. The standard InChI is InChI=1S/C46H50ClN5O4.C46H48N4O6S3/c1-4-32(29-45-50(6-3)39-16-10-11-17-42(39)56-45)28-44-49(5-2)38-21-18-34(33-14-8-7-9-15-33)31-41(38)52(44)26-13-12-25-48-43(53)24-27-51-37-23-20-36(47)30-35(37)19-22-40(51)46(54)55;1-3-33(29-45-50(25-12-26-59(54,55)56)40-30-35(20-22-42(40)58-45)34-13-5-4-6-14-34)28-44-49(39-27-32(2)19-21-41(39)57-44)24-10-8-18-43(51)47-36-15-11-16-37(31-36)48-23-9-7-17-38(48)46(52)53/h7-11,14-18,20-21,23,28-31,40H,4-6,12-13,19,22,24-27H2,1-3H3,(H-,48,53,54,55);4-7,9,11,13-16,19-22,27-31,38H,3,8,10,12,17-18,23-26H2,1-2H3,(H2-,47,51,52,53,54,55,56). The molecule has 0 radical (unpaired) electrons. The maximum Gasteiger partial charge on any atom is 0.374 e. The number of para-hydroxylation sites is 2. The third kappa shape index (κ3) is 20.1. The fourth-order valence-electron chi connectivity index (χ4n) is 15.5. The van der Waals surface area contributed by atoms with Gasteiger partial charge in [0.05, 0.1) is 50.3 Å². The molecule has 23 heteroatoms. The number of allylic oxidation sites excluding steroid dienone is 4. The Morgan fingerprint density at radius 3 is 2.11 bits per heavy atom. The first kappa shape index (κ1) is 82.2. The summed E-state index contributed by atoms with van der Waals surface area (Å²) in [5.74, 6) is -0.658. The van der Waals surface area contributed by atoms with Crippen LogP contribution in [0.4, 0.5) is 34.1 Å². The van der Waals surface area contributed by atoms with E-state index in [0.717, 1.165) is 157 Å². The number of carbonyl (C=O) groups excluding carboxylic acids is 3. The summed E-state index contributed by atoms with van der Waals surface area (Å²) in [5.41, 5.74) is 17.6. The van der Waals surface area contributed by atoms with Gasteiger partial charge in [-0.15, -0.1) is 0 Å². The van der Waals surface area contributed by atoms with E-state index in [1.165, 1.54) is 21.7 Å². The highest BCUT2D eigenvalue weighted by molar-refractivity contribution is 8.03. The number of hydrogen-bond donors (Lipinski definition) is 3. The van der Waals surface area contributed by atoms with Crippen molar-refractivity contribution in [1.82, 2.24) is 5.32 Å². The number of unbranched alkanes of at least 4 members (excludes halogenated alkanes) is 2. The molecule has 0 aliphatic carbocycles. The van der Waals surface area contributed by atoms with Crippen LogP contribution in [0.5, 0.6) is 0 Å². The molecular formula is C92H98ClN9O10S3. The molecule has 596 valence electrons. The molecule has 0 bridgehead atoms. The summed E-state index contributed by atoms with van der Waals surface area (Å²) in [5, 5.41) is 30.5. The van der Waals surface area contributed by atoms with Gasteiger partial charge < -0.3 is 59.1 Å². The second kappa shape index (κ2) is 38.1. The summed E-state index contributed by atoms with van der Waals surface area (Å²) in [6.07, 6.45) is 19.6. The van der Waals surface area contributed by atoms with Crippen LogP contribution in [0.2, 0.25) is 5.02 Å². The van der Waals surface area contributed by atoms with E-state index in [1.54, 1.807) is 34.1 Å². The Hall–Kier alpha value is -10.8. The molecule has 6 heterocycles. The maximum atomic E-state index is 13.1. The van der Waals surface area contributed by atoms with Crippen molar-refractivity contribution in [2.24, 2.45) is 0 Å². The number of aromatic nitrogens is 2. The topological polar surface area (TPSA) is 230 Å². The number of anilines is 6. The van der Waals surface area contributed by atoms with Crippen LogP contribution in [0.1, 0.15) is 120 Å². The predicted octanol–water partition coefficient (Wildman–Crippen LogP) is 17.3. The SMILES string of the molecule is CCC(=Cc1oc2ccccc2[n+]1CC)C=C1N(CC)c2ccc(-c3ccccc3)cc2N1CCCCNC(=O)CCN1c2ccc(Cl)cc2CCC1C(=O)[O-].CCC(=Cc1sc2ccc(-c3ccccc3)cc2[n+]1CCCS(=O)(=O)[O-])C=C1Sc2ccc(C)cc2N1CCCCC(=O)Nc1cccc(N2CC=CCC2C(=O)O)c1. The normalized spacial score (nSPS) is 16.1. The van der Waals surface area contributed by atoms with Gasteiger partial charge in [-0.05, 0) is 208 Å². The van der Waals surface area contributed by atoms with E-state index in [9.17, 15) is 42.4 Å². The van der Waals surface area contributed by atoms with Gasteiger partial charge in [0.2, 0.25) is 22.9 Å². The first-order chi connectivity index (χ1) is 55.7. The molecule has 8 aromatic carbocycles. The molecule has 4 aliphatic rings. The maximum absolute atomic E-state index is 13.1. The summed E-state index contributed by atoms with van der Waals surface area (Å²) in [6, 6.07) is 59.8. The lowest BCUT2D eigenvalue weighted by Crippen LogP contribution is -2.51. The first-order valence-corrected chi connectivity index (χ1v) is 43.4. The highest BCUT2D eigenvalue weighted by atomic mass is 35.5. The molecule has 19 nitrogen and oxygen atoms in total. The van der Waals surface area contributed by atoms with Crippen molar-refractivity contribution < 1.29 is 55.9 Å². The molecule has 115 heavy (non-hydrogen) atoms. The van der Waals surface area contributed by atoms with Gasteiger partial charge in [-0.3, -0.25) is 9.59 Å². The van der Waals surface area contributed by atoms with E-state index < -0.39 is 39.9 Å². The molecule has 3 N–H and O–H groups in total. The number of hydrogen-bond acceptors (Lipinski definition) is 16. The average Bonchev–Trinajstić information content (AvgIpc) is 1.63. The number of aryl methyl sites for hydroxylation is 4. The van der Waals surface area contributed by atoms with Gasteiger partial charge in [-0.25, -0.2) is 13.2 Å². The monoisotopic (exact) mass is 1620 g/mol. The van der Waals surface area contributed by atoms with Crippen molar-refractivity contribution in [2.75, 3.05) is 74.8 Å². The molecule has 2 amide bonds. The number of amides is 2. The number of carboxylic acid groups (broad SMARTS) is 2. The largest absolute Gasteiger partial charge is 0.748 e. The molecule has 10 aromatic rings. The number of fused-ring (bicyclic) bond motifs is 5. The third-order valence-corrected chi connectivity index (χ3v) is 24.7. The molecule has 0 spiro atoms. The molecule has 0 saturated carbocycles. The zero-order chi connectivity index (χ0) is 80.7. The van der Waals surface area contributed by atoms with Crippen molar-refractivity contribution in [3.63, 3.8) is 0 Å². The first-order valence-electron chi connectivity index (χ1n) is 39.8. The number of oxazole rings is 1. The minimum atomic E-state index is -4.35. The highest BCUT2D eigenvalue weighted by Gasteiger charge is 2.34. The lowest BCUT2D eigenvalue weighted by atomic mass is 9.95. The smallest absolute Gasteiger partial charge is 0.374 e. The quantitative estimate of drug-likeness (QED) is 0.0159. The number of thioether (sulfide) groups is 1. The number of thiazole rings is 1. The van der Waals surface area contributed by atoms with Crippen molar-refractivity contribution >= 4 is 136 Å². The van der Waals surface area contributed by atoms with Crippen molar-refractivity contribution in [3.8, 4) is 22.3 Å². The van der Waals surface area contributed by atoms with Crippen molar-refractivity contribution in [2.45, 2.75) is 142 Å². The van der Waals surface area contributed by atoms with Crippen molar-refractivity contribution in [1.29, 1.82) is 0 Å². The minimum Gasteiger partial charge on any atom is -0.748 e. The molecular weight excluding hydrogens is 1520 g/mol. The summed E-state index contributed by atoms with van der Waals surface area (Å²) < 4.78 is 46.5. The Morgan fingerprint density at radius 2 is 1.37 bits per heavy atom. The van der Waals surface area contributed by atoms with Crippen LogP contribution in [-0.4, -0.2) is 98.9 Å². The molecule has 4 aliphatic heterocycles. The zero-order valence-electron chi connectivity index (χ0n) is 65.6. The molecule has 14 rings (SSSR count). The molecule has 0 saturated heterocycles. The van der Waals surface area contributed by atoms with Crippen LogP contribution in [0.3, 0.4) is 0 Å². The summed E-state index contributed by atoms with van der Waals surface area (Å²) in [6.45, 7) is 15.5. The Kier molecular flexibility index (Phi) is 27.3. The van der Waals surface area contributed by atoms with Gasteiger partial charge in [-0.1, -0.05) is 158 Å². The van der Waals surface area contributed by atoms with Gasteiger partial charge >= 0.3 is 11.9 Å². The minimum absolute atomic E-state index is 0.0881. The van der Waals surface area contributed by atoms with Gasteiger partial charge in [-0.2, -0.15) is 9.13 Å². The van der Waals surface area contributed by atoms with E-state index in [4.69, 9.17) is 16.0 Å². The third-order valence-electron chi connectivity index (χ3n) is 21.4. The molecule has 2 unspecified atom stereocenters. The second-order valence-electron chi connectivity index (χ2n) is 29.1.